The van der Waals surface area contributed by atoms with E-state index in [2.05, 4.69) is 10.6 Å². The zero-order chi connectivity index (χ0) is 18.2. The number of hydrogen-bond donors (Lipinski definition) is 2. The van der Waals surface area contributed by atoms with Gasteiger partial charge in [-0.15, -0.1) is 0 Å². The number of nitrogens with one attached hydrogen (secondary N) is 2. The molecule has 25 heavy (non-hydrogen) atoms. The molecule has 0 fully saturated rings. The summed E-state index contributed by atoms with van der Waals surface area (Å²) in [7, 11) is 1.55. The van der Waals surface area contributed by atoms with Crippen molar-refractivity contribution in [2.45, 2.75) is 0 Å². The van der Waals surface area contributed by atoms with Gasteiger partial charge in [-0.05, 0) is 42.5 Å². The number of nitro groups is 1. The van der Waals surface area contributed by atoms with E-state index in [1.807, 2.05) is 0 Å². The molecule has 0 unspecified atom stereocenters. The van der Waals surface area contributed by atoms with E-state index < -0.39 is 10.8 Å². The Balaban J connectivity index is 1.85. The second-order valence-electron chi connectivity index (χ2n) is 4.74. The number of nitrogens with zero attached hydrogens (tertiary/aromatic N) is 1. The Morgan fingerprint density at radius 1 is 1.16 bits per heavy atom. The summed E-state index contributed by atoms with van der Waals surface area (Å²) in [5.74, 6) is 0.673. The summed E-state index contributed by atoms with van der Waals surface area (Å²) in [5, 5.41) is 15.9. The summed E-state index contributed by atoms with van der Waals surface area (Å²) in [6.45, 7) is -0.259. The summed E-state index contributed by atoms with van der Waals surface area (Å²) in [6, 6.07) is 12.7. The summed E-state index contributed by atoms with van der Waals surface area (Å²) in [4.78, 5) is 22.2. The number of methoxy groups -OCH3 is 1. The van der Waals surface area contributed by atoms with Gasteiger partial charge in [-0.1, -0.05) is 12.1 Å². The number of carbonyl (C=O) groups is 1. The molecule has 0 bridgehead atoms. The molecule has 0 atom stereocenters. The highest BCUT2D eigenvalue weighted by Crippen LogP contribution is 2.22. The first-order valence-electron chi connectivity index (χ1n) is 7.10. The summed E-state index contributed by atoms with van der Waals surface area (Å²) in [5.41, 5.74) is 0.0439. The Morgan fingerprint density at radius 2 is 1.80 bits per heavy atom. The molecule has 0 radical (unpaired) electrons. The van der Waals surface area contributed by atoms with Crippen molar-refractivity contribution in [1.82, 2.24) is 5.32 Å². The first kappa shape index (κ1) is 18.1. The molecule has 9 heteroatoms. The van der Waals surface area contributed by atoms with E-state index in [-0.39, 0.29) is 23.1 Å². The molecule has 0 aliphatic heterocycles. The average Bonchev–Trinajstić information content (AvgIpc) is 2.60. The monoisotopic (exact) mass is 361 g/mol. The Kier molecular flexibility index (Phi) is 6.24. The first-order chi connectivity index (χ1) is 12.0. The Morgan fingerprint density at radius 3 is 2.44 bits per heavy atom. The van der Waals surface area contributed by atoms with E-state index in [1.165, 1.54) is 18.2 Å². The van der Waals surface area contributed by atoms with Crippen molar-refractivity contribution in [3.63, 3.8) is 0 Å². The molecule has 0 heterocycles. The highest BCUT2D eigenvalue weighted by Gasteiger charge is 2.14. The lowest BCUT2D eigenvalue weighted by atomic mass is 10.3. The van der Waals surface area contributed by atoms with Crippen LogP contribution in [0.1, 0.15) is 0 Å². The maximum absolute atomic E-state index is 11.8. The Hall–Kier alpha value is -3.20. The lowest BCUT2D eigenvalue weighted by molar-refractivity contribution is -0.383. The minimum Gasteiger partial charge on any atom is -0.497 e. The number of nitro benzene ring substituents is 1. The number of carbonyl (C=O) groups excluding carboxylic acids is 1. The van der Waals surface area contributed by atoms with Gasteiger partial charge in [0.05, 0.1) is 12.0 Å². The number of hydrogen-bond acceptors (Lipinski definition) is 6. The number of benzene rings is 2. The fourth-order valence-corrected chi connectivity index (χ4v) is 2.10. The Bertz CT molecular complexity index is 780. The van der Waals surface area contributed by atoms with E-state index in [1.54, 1.807) is 37.4 Å². The van der Waals surface area contributed by atoms with Crippen molar-refractivity contribution < 1.29 is 19.2 Å². The number of para-hydroxylation sites is 2. The smallest absolute Gasteiger partial charge is 0.292 e. The van der Waals surface area contributed by atoms with E-state index >= 15 is 0 Å². The van der Waals surface area contributed by atoms with Crippen LogP contribution in [-0.2, 0) is 4.79 Å². The molecule has 8 nitrogen and oxygen atoms in total. The third-order valence-electron chi connectivity index (χ3n) is 3.03. The molecule has 0 aliphatic rings. The highest BCUT2D eigenvalue weighted by molar-refractivity contribution is 7.80. The molecule has 0 aliphatic carbocycles. The Labute approximate surface area is 148 Å². The van der Waals surface area contributed by atoms with Gasteiger partial charge < -0.3 is 14.8 Å². The van der Waals surface area contributed by atoms with Crippen molar-refractivity contribution in [2.24, 2.45) is 0 Å². The lowest BCUT2D eigenvalue weighted by Gasteiger charge is -2.10. The molecule has 2 N–H and O–H groups in total. The zero-order valence-corrected chi connectivity index (χ0v) is 14.0. The first-order valence-corrected chi connectivity index (χ1v) is 7.51. The number of amides is 1. The molecule has 2 aromatic rings. The summed E-state index contributed by atoms with van der Waals surface area (Å²) >= 11 is 4.98. The predicted octanol–water partition coefficient (Wildman–Crippen LogP) is 2.50. The average molecular weight is 361 g/mol. The molecule has 2 rings (SSSR count). The largest absolute Gasteiger partial charge is 0.497 e. The van der Waals surface area contributed by atoms with Crippen LogP contribution in [0.5, 0.6) is 11.5 Å². The van der Waals surface area contributed by atoms with Crippen molar-refractivity contribution in [2.75, 3.05) is 19.0 Å². The minimum absolute atomic E-state index is 0.0577. The number of ether oxygens (including phenoxy) is 2. The van der Waals surface area contributed by atoms with E-state index in [9.17, 15) is 14.9 Å². The van der Waals surface area contributed by atoms with Gasteiger partial charge in [-0.25, -0.2) is 0 Å². The van der Waals surface area contributed by atoms with Crippen LogP contribution in [0.4, 0.5) is 11.4 Å². The second kappa shape index (κ2) is 8.60. The number of rotatable bonds is 6. The molecular weight excluding hydrogens is 346 g/mol. The molecule has 130 valence electrons. The van der Waals surface area contributed by atoms with Crippen LogP contribution in [0.2, 0.25) is 0 Å². The predicted molar refractivity (Wildman–Crippen MR) is 95.9 cm³/mol. The highest BCUT2D eigenvalue weighted by atomic mass is 32.1. The van der Waals surface area contributed by atoms with Crippen LogP contribution >= 0.6 is 12.2 Å². The van der Waals surface area contributed by atoms with Gasteiger partial charge in [-0.2, -0.15) is 0 Å². The lowest BCUT2D eigenvalue weighted by Crippen LogP contribution is -2.37. The fraction of sp³-hybridized carbons (Fsp3) is 0.125. The van der Waals surface area contributed by atoms with Gasteiger partial charge in [-0.3, -0.25) is 20.2 Å². The summed E-state index contributed by atoms with van der Waals surface area (Å²) < 4.78 is 10.3. The van der Waals surface area contributed by atoms with Crippen molar-refractivity contribution in [3.8, 4) is 11.5 Å². The fourth-order valence-electron chi connectivity index (χ4n) is 1.88. The molecule has 0 aromatic heterocycles. The number of anilines is 1. The van der Waals surface area contributed by atoms with Crippen LogP contribution in [0.15, 0.2) is 48.5 Å². The molecule has 1 amide bonds. The van der Waals surface area contributed by atoms with Gasteiger partial charge in [0.1, 0.15) is 17.2 Å². The van der Waals surface area contributed by atoms with Crippen LogP contribution in [-0.4, -0.2) is 29.7 Å². The van der Waals surface area contributed by atoms with Gasteiger partial charge in [0.25, 0.3) is 11.6 Å². The van der Waals surface area contributed by atoms with Crippen molar-refractivity contribution >= 4 is 34.6 Å². The SMILES string of the molecule is COc1ccc(OCC(=O)NC(=S)Nc2ccccc2[N+](=O)[O-])cc1. The molecule has 2 aromatic carbocycles. The zero-order valence-electron chi connectivity index (χ0n) is 13.2. The van der Waals surface area contributed by atoms with Crippen LogP contribution < -0.4 is 20.1 Å². The molecule has 0 saturated heterocycles. The normalized spacial score (nSPS) is 9.80. The van der Waals surface area contributed by atoms with Crippen molar-refractivity contribution in [1.29, 1.82) is 0 Å². The van der Waals surface area contributed by atoms with Gasteiger partial charge in [0, 0.05) is 6.07 Å². The molecule has 0 saturated carbocycles. The summed E-state index contributed by atoms with van der Waals surface area (Å²) in [6.07, 6.45) is 0. The molecular formula is C16H15N3O5S. The van der Waals surface area contributed by atoms with E-state index in [4.69, 9.17) is 21.7 Å². The second-order valence-corrected chi connectivity index (χ2v) is 5.15. The van der Waals surface area contributed by atoms with Crippen LogP contribution in [0.3, 0.4) is 0 Å². The van der Waals surface area contributed by atoms with Gasteiger partial charge >= 0.3 is 0 Å². The standard InChI is InChI=1S/C16H15N3O5S/c1-23-11-6-8-12(9-7-11)24-10-15(20)18-16(25)17-13-4-2-3-5-14(13)19(21)22/h2-9H,10H2,1H3,(H2,17,18,20,25). The van der Waals surface area contributed by atoms with Gasteiger partial charge in [0.2, 0.25) is 0 Å². The molecule has 0 spiro atoms. The quantitative estimate of drug-likeness (QED) is 0.463. The van der Waals surface area contributed by atoms with E-state index in [0.29, 0.717) is 11.5 Å². The van der Waals surface area contributed by atoms with Crippen LogP contribution in [0, 0.1) is 10.1 Å². The van der Waals surface area contributed by atoms with E-state index in [0.717, 1.165) is 0 Å². The topological polar surface area (TPSA) is 103 Å². The maximum Gasteiger partial charge on any atom is 0.292 e. The third kappa shape index (κ3) is 5.43. The maximum atomic E-state index is 11.8. The van der Waals surface area contributed by atoms with Gasteiger partial charge in [0.15, 0.2) is 11.7 Å². The number of thiocarbonyl (C=S) groups is 1. The van der Waals surface area contributed by atoms with Crippen LogP contribution in [0.25, 0.3) is 0 Å². The van der Waals surface area contributed by atoms with Crippen molar-refractivity contribution in [3.05, 3.63) is 58.6 Å². The minimum atomic E-state index is -0.542. The third-order valence-corrected chi connectivity index (χ3v) is 3.24.